The van der Waals surface area contributed by atoms with E-state index in [-0.39, 0.29) is 5.41 Å². The maximum absolute atomic E-state index is 4.77. The van der Waals surface area contributed by atoms with E-state index >= 15 is 0 Å². The molecule has 25 heavy (non-hydrogen) atoms. The summed E-state index contributed by atoms with van der Waals surface area (Å²) < 4.78 is 2.88. The third-order valence-corrected chi connectivity index (χ3v) is 5.31. The number of halogens is 1. The third-order valence-electron chi connectivity index (χ3n) is 4.78. The molecule has 1 fully saturated rings. The van der Waals surface area contributed by atoms with Crippen LogP contribution in [0.15, 0.2) is 65.3 Å². The molecule has 0 bridgehead atoms. The predicted octanol–water partition coefficient (Wildman–Crippen LogP) is 4.03. The number of nitrogens with zero attached hydrogens (tertiary/aromatic N) is 5. The summed E-state index contributed by atoms with van der Waals surface area (Å²) in [5.41, 5.74) is 2.99. The summed E-state index contributed by atoms with van der Waals surface area (Å²) in [6.45, 7) is 0. The fourth-order valence-electron chi connectivity index (χ4n) is 3.27. The van der Waals surface area contributed by atoms with Crippen molar-refractivity contribution in [3.8, 4) is 11.3 Å². The van der Waals surface area contributed by atoms with Crippen molar-refractivity contribution in [1.82, 2.24) is 24.8 Å². The summed E-state index contributed by atoms with van der Waals surface area (Å²) in [6.07, 6.45) is 3.85. The summed E-state index contributed by atoms with van der Waals surface area (Å²) in [4.78, 5) is 4.45. The molecule has 0 spiro atoms. The molecule has 6 heteroatoms. The molecule has 2 aromatic carbocycles. The van der Waals surface area contributed by atoms with Gasteiger partial charge < -0.3 is 0 Å². The fraction of sp³-hybridized carbons (Fsp3) is 0.158. The highest BCUT2D eigenvalue weighted by Gasteiger charge is 2.50. The van der Waals surface area contributed by atoms with Gasteiger partial charge in [-0.3, -0.25) is 0 Å². The first-order valence-electron chi connectivity index (χ1n) is 8.17. The van der Waals surface area contributed by atoms with Crippen LogP contribution in [-0.2, 0) is 5.41 Å². The van der Waals surface area contributed by atoms with E-state index in [1.54, 1.807) is 10.7 Å². The standard InChI is InChI=1S/C19H14BrN5/c20-15-8-6-14(7-9-15)19(10-11-19)17-22-23-18-21-12-16(24-25(17)18)13-4-2-1-3-5-13/h1-9,12H,10-11H2. The monoisotopic (exact) mass is 391 g/mol. The van der Waals surface area contributed by atoms with Gasteiger partial charge in [0.15, 0.2) is 5.82 Å². The Balaban J connectivity index is 1.66. The largest absolute Gasteiger partial charge is 0.271 e. The zero-order valence-corrected chi connectivity index (χ0v) is 14.9. The summed E-state index contributed by atoms with van der Waals surface area (Å²) >= 11 is 3.50. The van der Waals surface area contributed by atoms with Gasteiger partial charge in [0.1, 0.15) is 5.69 Å². The van der Waals surface area contributed by atoms with E-state index in [9.17, 15) is 0 Å². The third kappa shape index (κ3) is 2.36. The van der Waals surface area contributed by atoms with E-state index in [0.717, 1.165) is 34.4 Å². The molecule has 0 N–H and O–H groups in total. The van der Waals surface area contributed by atoms with Crippen molar-refractivity contribution in [2.45, 2.75) is 18.3 Å². The Morgan fingerprint density at radius 2 is 1.68 bits per heavy atom. The van der Waals surface area contributed by atoms with E-state index in [4.69, 9.17) is 5.10 Å². The van der Waals surface area contributed by atoms with Crippen molar-refractivity contribution in [3.63, 3.8) is 0 Å². The van der Waals surface area contributed by atoms with Crippen LogP contribution in [0.3, 0.4) is 0 Å². The normalized spacial score (nSPS) is 15.4. The smallest absolute Gasteiger partial charge is 0.216 e. The molecule has 0 atom stereocenters. The van der Waals surface area contributed by atoms with Crippen LogP contribution in [0, 0.1) is 0 Å². The molecule has 122 valence electrons. The molecule has 2 aromatic heterocycles. The highest BCUT2D eigenvalue weighted by atomic mass is 79.9. The molecule has 1 aliphatic carbocycles. The summed E-state index contributed by atoms with van der Waals surface area (Å²) in [5.74, 6) is 1.41. The Hall–Kier alpha value is -2.60. The summed E-state index contributed by atoms with van der Waals surface area (Å²) in [6, 6.07) is 18.5. The van der Waals surface area contributed by atoms with Crippen LogP contribution in [-0.4, -0.2) is 24.8 Å². The lowest BCUT2D eigenvalue weighted by Gasteiger charge is -2.13. The van der Waals surface area contributed by atoms with Crippen molar-refractivity contribution in [2.24, 2.45) is 0 Å². The van der Waals surface area contributed by atoms with E-state index < -0.39 is 0 Å². The van der Waals surface area contributed by atoms with Crippen LogP contribution in [0.2, 0.25) is 0 Å². The van der Waals surface area contributed by atoms with Gasteiger partial charge in [-0.15, -0.1) is 10.2 Å². The van der Waals surface area contributed by atoms with Gasteiger partial charge in [-0.05, 0) is 30.5 Å². The fourth-order valence-corrected chi connectivity index (χ4v) is 3.54. The molecule has 5 nitrogen and oxygen atoms in total. The van der Waals surface area contributed by atoms with Crippen LogP contribution >= 0.6 is 15.9 Å². The lowest BCUT2D eigenvalue weighted by Crippen LogP contribution is -2.15. The lowest BCUT2D eigenvalue weighted by atomic mass is 9.95. The molecule has 4 aromatic rings. The molecule has 0 amide bonds. The number of rotatable bonds is 3. The van der Waals surface area contributed by atoms with Gasteiger partial charge in [0.25, 0.3) is 5.78 Å². The zero-order chi connectivity index (χ0) is 16.9. The maximum atomic E-state index is 4.77. The van der Waals surface area contributed by atoms with E-state index in [1.165, 1.54) is 5.56 Å². The van der Waals surface area contributed by atoms with Gasteiger partial charge in [-0.2, -0.15) is 9.61 Å². The quantitative estimate of drug-likeness (QED) is 0.528. The molecule has 1 aliphatic rings. The number of fused-ring (bicyclic) bond motifs is 1. The van der Waals surface area contributed by atoms with Crippen LogP contribution in [0.4, 0.5) is 0 Å². The molecule has 0 aliphatic heterocycles. The van der Waals surface area contributed by atoms with Crippen molar-refractivity contribution in [1.29, 1.82) is 0 Å². The number of hydrogen-bond acceptors (Lipinski definition) is 4. The van der Waals surface area contributed by atoms with Gasteiger partial charge in [-0.1, -0.05) is 58.4 Å². The predicted molar refractivity (Wildman–Crippen MR) is 98.2 cm³/mol. The highest BCUT2D eigenvalue weighted by molar-refractivity contribution is 9.10. The molecule has 1 saturated carbocycles. The topological polar surface area (TPSA) is 56.0 Å². The van der Waals surface area contributed by atoms with Crippen LogP contribution in [0.1, 0.15) is 24.2 Å². The van der Waals surface area contributed by atoms with Crippen molar-refractivity contribution in [3.05, 3.63) is 76.7 Å². The first kappa shape index (κ1) is 14.7. The molecule has 2 heterocycles. The van der Waals surface area contributed by atoms with Crippen LogP contribution in [0.5, 0.6) is 0 Å². The molecular formula is C19H14BrN5. The maximum Gasteiger partial charge on any atom is 0.271 e. The Labute approximate surface area is 152 Å². The van der Waals surface area contributed by atoms with Crippen molar-refractivity contribution in [2.75, 3.05) is 0 Å². The van der Waals surface area contributed by atoms with Crippen molar-refractivity contribution >= 4 is 21.7 Å². The van der Waals surface area contributed by atoms with Gasteiger partial charge in [-0.25, -0.2) is 4.98 Å². The Kier molecular flexibility index (Phi) is 3.21. The van der Waals surface area contributed by atoms with Gasteiger partial charge in [0.05, 0.1) is 11.6 Å². The van der Waals surface area contributed by atoms with Crippen LogP contribution < -0.4 is 0 Å². The number of aromatic nitrogens is 5. The Morgan fingerprint density at radius 1 is 0.920 bits per heavy atom. The highest BCUT2D eigenvalue weighted by Crippen LogP contribution is 2.52. The molecule has 0 radical (unpaired) electrons. The second-order valence-corrected chi connectivity index (χ2v) is 7.25. The van der Waals surface area contributed by atoms with E-state index in [2.05, 4.69) is 55.4 Å². The lowest BCUT2D eigenvalue weighted by molar-refractivity contribution is 0.702. The Bertz CT molecular complexity index is 1050. The Morgan fingerprint density at radius 3 is 2.40 bits per heavy atom. The number of hydrogen-bond donors (Lipinski definition) is 0. The minimum Gasteiger partial charge on any atom is -0.216 e. The molecule has 5 rings (SSSR count). The van der Waals surface area contributed by atoms with E-state index in [0.29, 0.717) is 5.78 Å². The molecular weight excluding hydrogens is 378 g/mol. The minimum atomic E-state index is -0.107. The first-order chi connectivity index (χ1) is 12.3. The zero-order valence-electron chi connectivity index (χ0n) is 13.3. The van der Waals surface area contributed by atoms with Crippen molar-refractivity contribution < 1.29 is 0 Å². The molecule has 0 saturated heterocycles. The average molecular weight is 392 g/mol. The van der Waals surface area contributed by atoms with E-state index in [1.807, 2.05) is 30.3 Å². The van der Waals surface area contributed by atoms with Crippen LogP contribution in [0.25, 0.3) is 17.0 Å². The number of benzene rings is 2. The SMILES string of the molecule is Brc1ccc(C2(c3nnc4ncc(-c5ccccc5)nn34)CC2)cc1. The van der Waals surface area contributed by atoms with Gasteiger partial charge in [0, 0.05) is 10.0 Å². The summed E-state index contributed by atoms with van der Waals surface area (Å²) in [7, 11) is 0. The minimum absolute atomic E-state index is 0.107. The molecule has 0 unspecified atom stereocenters. The second-order valence-electron chi connectivity index (χ2n) is 6.33. The average Bonchev–Trinajstić information content (AvgIpc) is 3.35. The van der Waals surface area contributed by atoms with Gasteiger partial charge >= 0.3 is 0 Å². The van der Waals surface area contributed by atoms with Gasteiger partial charge in [0.2, 0.25) is 0 Å². The summed E-state index contributed by atoms with van der Waals surface area (Å²) in [5, 5.41) is 13.4. The first-order valence-corrected chi connectivity index (χ1v) is 8.96. The second kappa shape index (κ2) is 5.46.